The van der Waals surface area contributed by atoms with Crippen LogP contribution in [0.4, 0.5) is 0 Å². The lowest BCUT2D eigenvalue weighted by Gasteiger charge is -2.27. The van der Waals surface area contributed by atoms with Gasteiger partial charge >= 0.3 is 0 Å². The molecule has 1 nitrogen and oxygen atoms in total. The summed E-state index contributed by atoms with van der Waals surface area (Å²) in [5.74, 6) is 5.81. The second-order valence-corrected chi connectivity index (χ2v) is 50.8. The van der Waals surface area contributed by atoms with Crippen LogP contribution in [-0.2, 0) is 48.7 Å². The minimum Gasteiger partial charge on any atom is -0.508 e. The van der Waals surface area contributed by atoms with Crippen LogP contribution in [0.2, 0.25) is 0 Å². The zero-order valence-electron chi connectivity index (χ0n) is 95.9. The van der Waals surface area contributed by atoms with Gasteiger partial charge in [0.25, 0.3) is 0 Å². The van der Waals surface area contributed by atoms with E-state index in [0.717, 1.165) is 5.56 Å². The minimum absolute atomic E-state index is 0.0881. The summed E-state index contributed by atoms with van der Waals surface area (Å²) in [6, 6.07) is 51.9. The molecule has 9 rings (SSSR count). The maximum atomic E-state index is 9.77. The van der Waals surface area contributed by atoms with Crippen LogP contribution in [0.25, 0.3) is 0 Å². The van der Waals surface area contributed by atoms with Crippen molar-refractivity contribution in [3.8, 4) is 5.75 Å². The van der Waals surface area contributed by atoms with Gasteiger partial charge in [0, 0.05) is 0 Å². The van der Waals surface area contributed by atoms with Crippen molar-refractivity contribution in [2.24, 2.45) is 0 Å². The van der Waals surface area contributed by atoms with E-state index in [1.54, 1.807) is 5.56 Å². The zero-order valence-corrected chi connectivity index (χ0v) is 95.9. The molecule has 0 fully saturated rings. The van der Waals surface area contributed by atoms with Gasteiger partial charge in [-0.2, -0.15) is 0 Å². The third-order valence-corrected chi connectivity index (χ3v) is 25.2. The van der Waals surface area contributed by atoms with Crippen molar-refractivity contribution in [1.29, 1.82) is 0 Å². The summed E-state index contributed by atoms with van der Waals surface area (Å²) < 4.78 is 0. The fourth-order valence-corrected chi connectivity index (χ4v) is 17.8. The van der Waals surface area contributed by atoms with Gasteiger partial charge < -0.3 is 5.11 Å². The van der Waals surface area contributed by atoms with Crippen molar-refractivity contribution in [2.75, 3.05) is 0 Å². The van der Waals surface area contributed by atoms with Gasteiger partial charge in [-0.25, -0.2) is 0 Å². The molecular formula is C129H204O. The first kappa shape index (κ1) is 121. The van der Waals surface area contributed by atoms with Crippen molar-refractivity contribution in [1.82, 2.24) is 0 Å². The summed E-state index contributed by atoms with van der Waals surface area (Å²) in [7, 11) is 0. The Labute approximate surface area is 808 Å². The number of rotatable bonds is 9. The average Bonchev–Trinajstić information content (AvgIpc) is 0.789. The molecule has 9 aromatic carbocycles. The van der Waals surface area contributed by atoms with E-state index >= 15 is 0 Å². The van der Waals surface area contributed by atoms with Crippen molar-refractivity contribution in [2.45, 2.75) is 497 Å². The Kier molecular flexibility index (Phi) is 45.8. The smallest absolute Gasteiger partial charge is 0.118 e. The maximum absolute atomic E-state index is 9.77. The van der Waals surface area contributed by atoms with Gasteiger partial charge in [0.15, 0.2) is 0 Å². The van der Waals surface area contributed by atoms with E-state index in [0.29, 0.717) is 59.0 Å². The van der Waals surface area contributed by atoms with Crippen LogP contribution in [0.1, 0.15) is 532 Å². The molecule has 0 heterocycles. The molecule has 0 saturated carbocycles. The maximum Gasteiger partial charge on any atom is 0.118 e. The van der Waals surface area contributed by atoms with Crippen LogP contribution in [0, 0.1) is 83.1 Å². The lowest BCUT2D eigenvalue weighted by atomic mass is 9.78. The highest BCUT2D eigenvalue weighted by Crippen LogP contribution is 2.42. The highest BCUT2D eigenvalue weighted by Gasteiger charge is 2.29. The molecule has 0 spiro atoms. The van der Waals surface area contributed by atoms with Gasteiger partial charge in [0.05, 0.1) is 0 Å². The van der Waals surface area contributed by atoms with E-state index in [1.165, 1.54) is 156 Å². The standard InChI is InChI=1S/3C15H24.C14H22O.5C14H22/c1-10(2)13-8-11(3)12(4)9-14(13)15(5,6)7;1-10(2)14-12(4)8-11(3)9-13(14)15(5,6)7;1-10(2)14-12(4)11(3)8-9-13(14)15(5,6)7;1-9(2)11-7-10(3)13(15)8-12(11)14(4,5)6;2*1-10(2)12-9-11(3)7-8-13(12)14(4,5)6;2*1-10(2)12-8-7-11(3)9-13(12)14(4,5)6;1-10(2)13-11(3)8-7-9-12(13)14(4,5)6/h3*8-10H,1-7H3;7-9,15H,1-6H3;5*7-10H,1-6H3. The molecule has 1 heteroatoms. The Balaban J connectivity index is 0.000000731. The highest BCUT2D eigenvalue weighted by atomic mass is 16.3. The molecule has 1 N–H and O–H groups in total. The molecule has 0 aromatic heterocycles. The van der Waals surface area contributed by atoms with Crippen LogP contribution in [0.15, 0.2) is 140 Å². The van der Waals surface area contributed by atoms with Crippen LogP contribution in [0.5, 0.6) is 5.75 Å². The monoisotopic (exact) mass is 1770 g/mol. The number of hydrogen-bond donors (Lipinski definition) is 1. The zero-order chi connectivity index (χ0) is 102. The van der Waals surface area contributed by atoms with Crippen molar-refractivity contribution in [3.63, 3.8) is 0 Å². The lowest BCUT2D eigenvalue weighted by molar-refractivity contribution is 0.465. The molecule has 0 amide bonds. The molecule has 9 aromatic rings. The fourth-order valence-electron chi connectivity index (χ4n) is 17.8. The van der Waals surface area contributed by atoms with E-state index in [-0.39, 0.29) is 48.7 Å². The van der Waals surface area contributed by atoms with Gasteiger partial charge in [-0.15, -0.1) is 0 Å². The Morgan fingerprint density at radius 3 is 0.731 bits per heavy atom. The summed E-state index contributed by atoms with van der Waals surface area (Å²) in [6.07, 6.45) is 0. The number of hydrogen-bond acceptors (Lipinski definition) is 1. The molecule has 726 valence electrons. The normalized spacial score (nSPS) is 12.2. The summed E-state index contributed by atoms with van der Waals surface area (Å²) >= 11 is 0. The second-order valence-electron chi connectivity index (χ2n) is 50.8. The Morgan fingerprint density at radius 1 is 0.169 bits per heavy atom. The Bertz CT molecular complexity index is 4740. The van der Waals surface area contributed by atoms with Gasteiger partial charge in [-0.1, -0.05) is 473 Å². The predicted octanol–water partition coefficient (Wildman–Crippen LogP) is 40.4. The van der Waals surface area contributed by atoms with Crippen LogP contribution < -0.4 is 0 Å². The summed E-state index contributed by atoms with van der Waals surface area (Å²) in [6.45, 7) is 128. The van der Waals surface area contributed by atoms with Crippen molar-refractivity contribution < 1.29 is 5.11 Å². The molecule has 0 aliphatic heterocycles. The summed E-state index contributed by atoms with van der Waals surface area (Å²) in [4.78, 5) is 0. The molecule has 0 radical (unpaired) electrons. The third-order valence-electron chi connectivity index (χ3n) is 25.2. The molecule has 0 saturated heterocycles. The minimum atomic E-state index is 0.0881. The fraction of sp³-hybridized carbons (Fsp3) is 0.581. The number of aromatic hydroxyl groups is 1. The highest BCUT2D eigenvalue weighted by molar-refractivity contribution is 5.50. The van der Waals surface area contributed by atoms with Gasteiger partial charge in [-0.3, -0.25) is 0 Å². The molecule has 0 unspecified atom stereocenters. The number of benzene rings is 9. The van der Waals surface area contributed by atoms with Gasteiger partial charge in [-0.05, 0) is 330 Å². The van der Waals surface area contributed by atoms with Gasteiger partial charge in [0.1, 0.15) is 5.75 Å². The van der Waals surface area contributed by atoms with E-state index in [1.807, 2.05) is 13.0 Å². The van der Waals surface area contributed by atoms with Crippen molar-refractivity contribution in [3.05, 3.63) is 306 Å². The lowest BCUT2D eigenvalue weighted by Crippen LogP contribution is -2.16. The van der Waals surface area contributed by atoms with E-state index < -0.39 is 0 Å². The second kappa shape index (κ2) is 49.3. The summed E-state index contributed by atoms with van der Waals surface area (Å²) in [5.41, 5.74) is 45.1. The molecule has 0 bridgehead atoms. The van der Waals surface area contributed by atoms with Crippen LogP contribution in [0.3, 0.4) is 0 Å². The quantitative estimate of drug-likeness (QED) is 0.153. The number of phenols is 1. The molecule has 0 aliphatic rings. The molecule has 0 atom stereocenters. The summed E-state index contributed by atoms with van der Waals surface area (Å²) in [5, 5.41) is 9.77. The first-order valence-corrected chi connectivity index (χ1v) is 50.3. The van der Waals surface area contributed by atoms with E-state index in [9.17, 15) is 5.11 Å². The van der Waals surface area contributed by atoms with Gasteiger partial charge in [0.2, 0.25) is 0 Å². The van der Waals surface area contributed by atoms with E-state index in [4.69, 9.17) is 0 Å². The molecule has 130 heavy (non-hydrogen) atoms. The van der Waals surface area contributed by atoms with Crippen LogP contribution >= 0.6 is 0 Å². The van der Waals surface area contributed by atoms with Crippen LogP contribution in [-0.4, -0.2) is 5.11 Å². The third kappa shape index (κ3) is 37.9. The first-order valence-electron chi connectivity index (χ1n) is 50.3. The van der Waals surface area contributed by atoms with E-state index in [2.05, 4.69) is 521 Å². The first-order chi connectivity index (χ1) is 58.6. The van der Waals surface area contributed by atoms with Crippen molar-refractivity contribution >= 4 is 0 Å². The number of aryl methyl sites for hydroxylation is 11. The Hall–Kier alpha value is -7.22. The topological polar surface area (TPSA) is 20.2 Å². The average molecular weight is 1770 g/mol. The molecule has 0 aliphatic carbocycles. The largest absolute Gasteiger partial charge is 0.508 e. The Morgan fingerprint density at radius 2 is 0.423 bits per heavy atom. The SMILES string of the molecule is Cc1cc(C(C)C)c(C(C)(C)C)cc1C.Cc1cc(C(C)C)c(C(C)(C)C)cc1O.Cc1cc(C)c(C(C)C)c(C(C)(C)C)c1.Cc1ccc(C(C)(C)C)c(C(C)C)c1.Cc1ccc(C(C)(C)C)c(C(C)C)c1.Cc1ccc(C(C)(C)C)c(C(C)C)c1C.Cc1ccc(C(C)C)c(C(C)(C)C)c1.Cc1ccc(C(C)C)c(C(C)(C)C)c1.Cc1cccc(C(C)(C)C)c1C(C)C. The predicted molar refractivity (Wildman–Crippen MR) is 592 cm³/mol. The number of phenolic OH excluding ortho intramolecular Hbond substituents is 1. The molecular weight excluding hydrogens is 1570 g/mol.